The molecular formula is C13H15N3O3. The van der Waals surface area contributed by atoms with Crippen LogP contribution in [0.25, 0.3) is 0 Å². The molecule has 0 bridgehead atoms. The lowest BCUT2D eigenvalue weighted by Gasteiger charge is -2.06. The zero-order chi connectivity index (χ0) is 13.5. The molecular weight excluding hydrogens is 246 g/mol. The van der Waals surface area contributed by atoms with Crippen LogP contribution in [0, 0.1) is 0 Å². The van der Waals surface area contributed by atoms with E-state index >= 15 is 0 Å². The van der Waals surface area contributed by atoms with Gasteiger partial charge in [-0.2, -0.15) is 0 Å². The number of furan rings is 1. The van der Waals surface area contributed by atoms with Crippen LogP contribution >= 0.6 is 0 Å². The van der Waals surface area contributed by atoms with E-state index in [1.54, 1.807) is 31.5 Å². The Bertz CT molecular complexity index is 508. The average Bonchev–Trinajstić information content (AvgIpc) is 2.91. The number of amides is 1. The molecule has 0 aliphatic rings. The number of hydrogen-bond acceptors (Lipinski definition) is 5. The van der Waals surface area contributed by atoms with Gasteiger partial charge in [-0.3, -0.25) is 5.32 Å². The van der Waals surface area contributed by atoms with E-state index in [4.69, 9.17) is 9.15 Å². The highest BCUT2D eigenvalue weighted by atomic mass is 16.5. The molecule has 100 valence electrons. The van der Waals surface area contributed by atoms with Crippen molar-refractivity contribution in [2.24, 2.45) is 0 Å². The van der Waals surface area contributed by atoms with Gasteiger partial charge in [0.2, 0.25) is 0 Å². The third-order valence-corrected chi connectivity index (χ3v) is 2.31. The minimum Gasteiger partial charge on any atom is -0.467 e. The van der Waals surface area contributed by atoms with Gasteiger partial charge in [-0.25, -0.2) is 9.78 Å². The highest BCUT2D eigenvalue weighted by Crippen LogP contribution is 2.11. The van der Waals surface area contributed by atoms with Crippen LogP contribution in [0.5, 0.6) is 0 Å². The number of hydrogen-bond donors (Lipinski definition) is 2. The summed E-state index contributed by atoms with van der Waals surface area (Å²) in [6.45, 7) is 2.65. The van der Waals surface area contributed by atoms with Gasteiger partial charge in [-0.15, -0.1) is 0 Å². The Morgan fingerprint density at radius 3 is 2.95 bits per heavy atom. The van der Waals surface area contributed by atoms with Gasteiger partial charge in [0, 0.05) is 0 Å². The number of nitrogens with one attached hydrogen (secondary N) is 2. The second-order valence-electron chi connectivity index (χ2n) is 3.71. The molecule has 2 N–H and O–H groups in total. The molecule has 0 aromatic carbocycles. The first-order valence-electron chi connectivity index (χ1n) is 5.94. The molecule has 2 aromatic heterocycles. The molecule has 0 unspecified atom stereocenters. The van der Waals surface area contributed by atoms with Crippen molar-refractivity contribution in [3.63, 3.8) is 0 Å². The number of ether oxygens (including phenoxy) is 1. The fourth-order valence-electron chi connectivity index (χ4n) is 1.45. The second-order valence-corrected chi connectivity index (χ2v) is 3.71. The topological polar surface area (TPSA) is 76.4 Å². The van der Waals surface area contributed by atoms with Gasteiger partial charge < -0.3 is 14.5 Å². The highest BCUT2D eigenvalue weighted by molar-refractivity contribution is 5.84. The van der Waals surface area contributed by atoms with Gasteiger partial charge in [-0.1, -0.05) is 0 Å². The molecule has 2 rings (SSSR count). The maximum atomic E-state index is 11.2. The van der Waals surface area contributed by atoms with E-state index in [2.05, 4.69) is 15.6 Å². The molecule has 6 heteroatoms. The summed E-state index contributed by atoms with van der Waals surface area (Å²) >= 11 is 0. The van der Waals surface area contributed by atoms with Crippen LogP contribution in [0.15, 0.2) is 41.1 Å². The molecule has 0 aliphatic carbocycles. The number of pyridine rings is 1. The van der Waals surface area contributed by atoms with Crippen LogP contribution in [0.2, 0.25) is 0 Å². The maximum Gasteiger partial charge on any atom is 0.411 e. The van der Waals surface area contributed by atoms with Crippen molar-refractivity contribution >= 4 is 17.6 Å². The molecule has 0 saturated carbocycles. The number of nitrogens with zero attached hydrogens (tertiary/aromatic N) is 1. The molecule has 0 spiro atoms. The zero-order valence-electron chi connectivity index (χ0n) is 10.6. The van der Waals surface area contributed by atoms with Gasteiger partial charge in [0.1, 0.15) is 11.6 Å². The molecule has 0 saturated heterocycles. The Labute approximate surface area is 110 Å². The van der Waals surface area contributed by atoms with Crippen LogP contribution in [-0.2, 0) is 11.3 Å². The average molecular weight is 261 g/mol. The fraction of sp³-hybridized carbons (Fsp3) is 0.231. The Morgan fingerprint density at radius 1 is 1.42 bits per heavy atom. The number of carbonyl (C=O) groups is 1. The van der Waals surface area contributed by atoms with E-state index in [9.17, 15) is 4.79 Å². The number of anilines is 2. The predicted octanol–water partition coefficient (Wildman–Crippen LogP) is 2.86. The van der Waals surface area contributed by atoms with Crippen LogP contribution in [-0.4, -0.2) is 17.7 Å². The number of rotatable bonds is 5. The van der Waals surface area contributed by atoms with Gasteiger partial charge in [0.05, 0.1) is 31.3 Å². The van der Waals surface area contributed by atoms with Crippen molar-refractivity contribution in [3.05, 3.63) is 42.5 Å². The van der Waals surface area contributed by atoms with E-state index < -0.39 is 6.09 Å². The standard InChI is InChI=1S/C13H15N3O3/c1-2-18-13(17)16-10-5-6-12(14-8-10)15-9-11-4-3-7-19-11/h3-8H,2,9H2,1H3,(H,14,15)(H,16,17). The highest BCUT2D eigenvalue weighted by Gasteiger charge is 2.02. The number of carbonyl (C=O) groups excluding carboxylic acids is 1. The van der Waals surface area contributed by atoms with E-state index in [-0.39, 0.29) is 0 Å². The minimum atomic E-state index is -0.486. The monoisotopic (exact) mass is 261 g/mol. The summed E-state index contributed by atoms with van der Waals surface area (Å²) in [7, 11) is 0. The molecule has 0 aliphatic heterocycles. The third-order valence-electron chi connectivity index (χ3n) is 2.31. The van der Waals surface area contributed by atoms with Crippen LogP contribution in [0.4, 0.5) is 16.3 Å². The summed E-state index contributed by atoms with van der Waals surface area (Å²) in [6.07, 6.45) is 2.69. The van der Waals surface area contributed by atoms with Gasteiger partial charge >= 0.3 is 6.09 Å². The van der Waals surface area contributed by atoms with Crippen LogP contribution in [0.1, 0.15) is 12.7 Å². The summed E-state index contributed by atoms with van der Waals surface area (Å²) in [5.41, 5.74) is 0.585. The molecule has 2 aromatic rings. The molecule has 1 amide bonds. The molecule has 2 heterocycles. The summed E-state index contributed by atoms with van der Waals surface area (Å²) in [5, 5.41) is 5.67. The molecule has 0 radical (unpaired) electrons. The van der Waals surface area contributed by atoms with Crippen molar-refractivity contribution in [2.75, 3.05) is 17.2 Å². The Hall–Kier alpha value is -2.50. The Kier molecular flexibility index (Phi) is 4.39. The van der Waals surface area contributed by atoms with E-state index in [0.29, 0.717) is 24.7 Å². The fourth-order valence-corrected chi connectivity index (χ4v) is 1.45. The van der Waals surface area contributed by atoms with Gasteiger partial charge in [0.25, 0.3) is 0 Å². The van der Waals surface area contributed by atoms with Crippen molar-refractivity contribution < 1.29 is 13.9 Å². The first kappa shape index (κ1) is 12.9. The van der Waals surface area contributed by atoms with Crippen molar-refractivity contribution in [1.82, 2.24) is 4.98 Å². The normalized spacial score (nSPS) is 9.95. The first-order chi connectivity index (χ1) is 9.28. The van der Waals surface area contributed by atoms with Gasteiger partial charge in [-0.05, 0) is 31.2 Å². The molecule has 6 nitrogen and oxygen atoms in total. The summed E-state index contributed by atoms with van der Waals surface area (Å²) in [5.74, 6) is 1.53. The summed E-state index contributed by atoms with van der Waals surface area (Å²) in [6, 6.07) is 7.22. The van der Waals surface area contributed by atoms with E-state index in [0.717, 1.165) is 5.76 Å². The van der Waals surface area contributed by atoms with Crippen molar-refractivity contribution in [2.45, 2.75) is 13.5 Å². The largest absolute Gasteiger partial charge is 0.467 e. The van der Waals surface area contributed by atoms with E-state index in [1.807, 2.05) is 12.1 Å². The SMILES string of the molecule is CCOC(=O)Nc1ccc(NCc2ccco2)nc1. The molecule has 0 fully saturated rings. The second kappa shape index (κ2) is 6.44. The summed E-state index contributed by atoms with van der Waals surface area (Å²) < 4.78 is 9.96. The Balaban J connectivity index is 1.85. The lowest BCUT2D eigenvalue weighted by molar-refractivity contribution is 0.168. The summed E-state index contributed by atoms with van der Waals surface area (Å²) in [4.78, 5) is 15.4. The number of aromatic nitrogens is 1. The van der Waals surface area contributed by atoms with Crippen LogP contribution < -0.4 is 10.6 Å². The minimum absolute atomic E-state index is 0.335. The molecule has 0 atom stereocenters. The lowest BCUT2D eigenvalue weighted by atomic mass is 10.4. The smallest absolute Gasteiger partial charge is 0.411 e. The van der Waals surface area contributed by atoms with Gasteiger partial charge in [0.15, 0.2) is 0 Å². The predicted molar refractivity (Wildman–Crippen MR) is 70.9 cm³/mol. The first-order valence-corrected chi connectivity index (χ1v) is 5.94. The quantitative estimate of drug-likeness (QED) is 0.865. The van der Waals surface area contributed by atoms with Crippen LogP contribution in [0.3, 0.4) is 0 Å². The lowest BCUT2D eigenvalue weighted by Crippen LogP contribution is -2.13. The van der Waals surface area contributed by atoms with Crippen molar-refractivity contribution in [3.8, 4) is 0 Å². The third kappa shape index (κ3) is 4.02. The molecule has 19 heavy (non-hydrogen) atoms. The van der Waals surface area contributed by atoms with E-state index in [1.165, 1.54) is 0 Å². The van der Waals surface area contributed by atoms with Crippen molar-refractivity contribution in [1.29, 1.82) is 0 Å². The maximum absolute atomic E-state index is 11.2. The Morgan fingerprint density at radius 2 is 2.32 bits per heavy atom. The zero-order valence-corrected chi connectivity index (χ0v) is 10.6.